The number of nitrogens with zero attached hydrogens (tertiary/aromatic N) is 1. The highest BCUT2D eigenvalue weighted by Crippen LogP contribution is 2.22. The molecule has 122 valence electrons. The Hall–Kier alpha value is -3.22. The molecule has 0 aliphatic heterocycles. The second-order valence-electron chi connectivity index (χ2n) is 5.55. The minimum Gasteiger partial charge on any atom is -0.349 e. The van der Waals surface area contributed by atoms with Gasteiger partial charge in [0.2, 0.25) is 0 Å². The van der Waals surface area contributed by atoms with Gasteiger partial charge in [-0.25, -0.2) is 0 Å². The number of nitrogens with one attached hydrogen (secondary N) is 2. The van der Waals surface area contributed by atoms with Crippen molar-refractivity contribution in [3.8, 4) is 0 Å². The molecule has 0 radical (unpaired) electrons. The third-order valence-corrected chi connectivity index (χ3v) is 3.67. The van der Waals surface area contributed by atoms with Gasteiger partial charge >= 0.3 is 0 Å². The third-order valence-electron chi connectivity index (χ3n) is 3.67. The average molecular weight is 325 g/mol. The lowest BCUT2D eigenvalue weighted by Crippen LogP contribution is -2.27. The predicted molar refractivity (Wildman–Crippen MR) is 88.0 cm³/mol. The molecule has 2 aromatic carbocycles. The van der Waals surface area contributed by atoms with Crippen molar-refractivity contribution in [3.63, 3.8) is 0 Å². The van der Waals surface area contributed by atoms with Crippen LogP contribution in [-0.4, -0.2) is 22.8 Å². The second-order valence-corrected chi connectivity index (χ2v) is 5.55. The molecule has 2 aromatic rings. The molecule has 0 spiro atoms. The topological polar surface area (TPSA) is 101 Å². The van der Waals surface area contributed by atoms with E-state index in [-0.39, 0.29) is 23.2 Å². The van der Waals surface area contributed by atoms with Crippen molar-refractivity contribution in [1.82, 2.24) is 5.32 Å². The molecule has 2 amide bonds. The van der Waals surface area contributed by atoms with E-state index in [0.717, 1.165) is 12.8 Å². The van der Waals surface area contributed by atoms with Crippen LogP contribution in [-0.2, 0) is 0 Å². The van der Waals surface area contributed by atoms with Gasteiger partial charge in [0.1, 0.15) is 0 Å². The summed E-state index contributed by atoms with van der Waals surface area (Å²) in [4.78, 5) is 34.6. The number of rotatable bonds is 5. The van der Waals surface area contributed by atoms with Crippen LogP contribution < -0.4 is 10.6 Å². The number of carbonyl (C=O) groups is 2. The minimum atomic E-state index is -0.529. The number of hydrogen-bond acceptors (Lipinski definition) is 4. The van der Waals surface area contributed by atoms with Gasteiger partial charge in [-0.05, 0) is 37.1 Å². The van der Waals surface area contributed by atoms with Crippen molar-refractivity contribution in [1.29, 1.82) is 0 Å². The fourth-order valence-corrected chi connectivity index (χ4v) is 2.21. The number of hydrogen-bond donors (Lipinski definition) is 2. The molecular formula is C17H15N3O4. The van der Waals surface area contributed by atoms with Crippen LogP contribution in [0.1, 0.15) is 33.6 Å². The lowest BCUT2D eigenvalue weighted by molar-refractivity contribution is -0.384. The van der Waals surface area contributed by atoms with Gasteiger partial charge in [-0.15, -0.1) is 0 Å². The van der Waals surface area contributed by atoms with Crippen molar-refractivity contribution < 1.29 is 14.5 Å². The second kappa shape index (κ2) is 6.49. The molecule has 3 rings (SSSR count). The fraction of sp³-hybridized carbons (Fsp3) is 0.176. The number of amides is 2. The average Bonchev–Trinajstić information content (AvgIpc) is 3.39. The van der Waals surface area contributed by atoms with E-state index in [1.54, 1.807) is 24.3 Å². The summed E-state index contributed by atoms with van der Waals surface area (Å²) in [6, 6.07) is 12.2. The van der Waals surface area contributed by atoms with E-state index in [4.69, 9.17) is 0 Å². The van der Waals surface area contributed by atoms with Gasteiger partial charge in [0.15, 0.2) is 0 Å². The molecule has 0 atom stereocenters. The zero-order valence-corrected chi connectivity index (χ0v) is 12.7. The molecule has 7 nitrogen and oxygen atoms in total. The maximum absolute atomic E-state index is 12.3. The number of anilines is 1. The highest BCUT2D eigenvalue weighted by molar-refractivity contribution is 6.09. The van der Waals surface area contributed by atoms with Crippen LogP contribution in [0, 0.1) is 10.1 Å². The van der Waals surface area contributed by atoms with Crippen molar-refractivity contribution in [2.75, 3.05) is 5.32 Å². The van der Waals surface area contributed by atoms with Gasteiger partial charge in [0.25, 0.3) is 17.5 Å². The number of nitro groups is 1. The van der Waals surface area contributed by atoms with Crippen molar-refractivity contribution >= 4 is 23.2 Å². The third kappa shape index (κ3) is 3.57. The summed E-state index contributed by atoms with van der Waals surface area (Å²) in [6.45, 7) is 0. The lowest BCUT2D eigenvalue weighted by atomic mass is 10.1. The normalized spacial score (nSPS) is 13.2. The maximum Gasteiger partial charge on any atom is 0.269 e. The summed E-state index contributed by atoms with van der Waals surface area (Å²) in [7, 11) is 0. The Bertz CT molecular complexity index is 798. The first kappa shape index (κ1) is 15.7. The molecule has 24 heavy (non-hydrogen) atoms. The van der Waals surface area contributed by atoms with Crippen LogP contribution in [0.5, 0.6) is 0 Å². The van der Waals surface area contributed by atoms with E-state index < -0.39 is 10.8 Å². The zero-order valence-electron chi connectivity index (χ0n) is 12.7. The van der Waals surface area contributed by atoms with E-state index >= 15 is 0 Å². The van der Waals surface area contributed by atoms with Gasteiger partial charge in [-0.1, -0.05) is 12.1 Å². The number of non-ortho nitro benzene ring substituents is 1. The minimum absolute atomic E-state index is 0.0873. The Morgan fingerprint density at radius 2 is 1.67 bits per heavy atom. The fourth-order valence-electron chi connectivity index (χ4n) is 2.21. The first-order valence-corrected chi connectivity index (χ1v) is 7.50. The number of carbonyl (C=O) groups excluding carboxylic acids is 2. The molecular weight excluding hydrogens is 310 g/mol. The van der Waals surface area contributed by atoms with E-state index in [1.807, 2.05) is 0 Å². The van der Waals surface area contributed by atoms with E-state index in [9.17, 15) is 19.7 Å². The number of para-hydroxylation sites is 1. The molecule has 0 aromatic heterocycles. The van der Waals surface area contributed by atoms with Gasteiger partial charge in [-0.3, -0.25) is 19.7 Å². The van der Waals surface area contributed by atoms with Crippen LogP contribution in [0.3, 0.4) is 0 Å². The highest BCUT2D eigenvalue weighted by atomic mass is 16.6. The Morgan fingerprint density at radius 3 is 2.29 bits per heavy atom. The first-order valence-electron chi connectivity index (χ1n) is 7.50. The van der Waals surface area contributed by atoms with E-state index in [1.165, 1.54) is 24.3 Å². The standard InChI is InChI=1S/C17H15N3O4/c21-16(11-5-9-13(10-6-11)20(23)24)19-15-4-2-1-3-14(15)17(22)18-12-7-8-12/h1-6,9-10,12H,7-8H2,(H,18,22)(H,19,21). The molecule has 1 fully saturated rings. The van der Waals surface area contributed by atoms with Crippen molar-refractivity contribution in [2.45, 2.75) is 18.9 Å². The molecule has 7 heteroatoms. The zero-order chi connectivity index (χ0) is 17.1. The van der Waals surface area contributed by atoms with E-state index in [2.05, 4.69) is 10.6 Å². The monoisotopic (exact) mass is 325 g/mol. The Morgan fingerprint density at radius 1 is 1.00 bits per heavy atom. The van der Waals surface area contributed by atoms with Crippen LogP contribution in [0.4, 0.5) is 11.4 Å². The molecule has 0 heterocycles. The first-order chi connectivity index (χ1) is 11.5. The smallest absolute Gasteiger partial charge is 0.269 e. The van der Waals surface area contributed by atoms with Crippen LogP contribution >= 0.6 is 0 Å². The van der Waals surface area contributed by atoms with Gasteiger partial charge in [0.05, 0.1) is 16.2 Å². The molecule has 0 saturated heterocycles. The maximum atomic E-state index is 12.3. The molecule has 2 N–H and O–H groups in total. The SMILES string of the molecule is O=C(Nc1ccccc1C(=O)NC1CC1)c1ccc([N+](=O)[O-])cc1. The summed E-state index contributed by atoms with van der Waals surface area (Å²) >= 11 is 0. The van der Waals surface area contributed by atoms with Crippen LogP contribution in [0.2, 0.25) is 0 Å². The summed E-state index contributed by atoms with van der Waals surface area (Å²) in [5.41, 5.74) is 0.979. The molecule has 1 saturated carbocycles. The summed E-state index contributed by atoms with van der Waals surface area (Å²) in [5, 5.41) is 16.2. The number of nitro benzene ring substituents is 1. The van der Waals surface area contributed by atoms with Crippen molar-refractivity contribution in [2.24, 2.45) is 0 Å². The predicted octanol–water partition coefficient (Wildman–Crippen LogP) is 2.74. The molecule has 1 aliphatic rings. The van der Waals surface area contributed by atoms with Gasteiger partial charge in [0, 0.05) is 23.7 Å². The summed E-state index contributed by atoms with van der Waals surface area (Å²) in [5.74, 6) is -0.659. The van der Waals surface area contributed by atoms with Crippen molar-refractivity contribution in [3.05, 3.63) is 69.8 Å². The number of benzene rings is 2. The van der Waals surface area contributed by atoms with Crippen LogP contribution in [0.25, 0.3) is 0 Å². The molecule has 0 unspecified atom stereocenters. The van der Waals surface area contributed by atoms with Gasteiger partial charge < -0.3 is 10.6 Å². The summed E-state index contributed by atoms with van der Waals surface area (Å²) < 4.78 is 0. The molecule has 1 aliphatic carbocycles. The quantitative estimate of drug-likeness (QED) is 0.652. The lowest BCUT2D eigenvalue weighted by Gasteiger charge is -2.11. The van der Waals surface area contributed by atoms with E-state index in [0.29, 0.717) is 11.3 Å². The molecule has 0 bridgehead atoms. The van der Waals surface area contributed by atoms with Crippen LogP contribution in [0.15, 0.2) is 48.5 Å². The Labute approximate surface area is 137 Å². The highest BCUT2D eigenvalue weighted by Gasteiger charge is 2.25. The Balaban J connectivity index is 1.76. The largest absolute Gasteiger partial charge is 0.349 e. The summed E-state index contributed by atoms with van der Waals surface area (Å²) in [6.07, 6.45) is 1.95. The Kier molecular flexibility index (Phi) is 4.24. The van der Waals surface area contributed by atoms with Gasteiger partial charge in [-0.2, -0.15) is 0 Å².